The molecule has 0 atom stereocenters. The topological polar surface area (TPSA) is 41.8 Å². The average molecular weight is 253 g/mol. The van der Waals surface area contributed by atoms with Gasteiger partial charge in [0.15, 0.2) is 0 Å². The number of benzene rings is 1. The van der Waals surface area contributed by atoms with E-state index in [-0.39, 0.29) is 0 Å². The van der Waals surface area contributed by atoms with Crippen molar-refractivity contribution in [2.75, 3.05) is 6.54 Å². The van der Waals surface area contributed by atoms with Crippen LogP contribution < -0.4 is 5.73 Å². The van der Waals surface area contributed by atoms with E-state index < -0.39 is 0 Å². The molecule has 0 unspecified atom stereocenters. The summed E-state index contributed by atoms with van der Waals surface area (Å²) in [5.41, 5.74) is 9.30. The second kappa shape index (κ2) is 3.75. The Labute approximate surface area is 91.6 Å². The normalized spacial score (nSPS) is 11.1. The van der Waals surface area contributed by atoms with Crippen LogP contribution in [0.2, 0.25) is 0 Å². The fraction of sp³-hybridized carbons (Fsp3) is 0.273. The highest BCUT2D eigenvalue weighted by molar-refractivity contribution is 9.10. The number of hydrogen-bond donors (Lipinski definition) is 2. The summed E-state index contributed by atoms with van der Waals surface area (Å²) in [7, 11) is 0. The fourth-order valence-corrected chi connectivity index (χ4v) is 2.12. The van der Waals surface area contributed by atoms with Crippen molar-refractivity contribution >= 4 is 26.8 Å². The van der Waals surface area contributed by atoms with Crippen molar-refractivity contribution in [3.05, 3.63) is 33.9 Å². The summed E-state index contributed by atoms with van der Waals surface area (Å²) in [5, 5.41) is 1.29. The molecular formula is C11H13BrN2. The van der Waals surface area contributed by atoms with Crippen LogP contribution >= 0.6 is 15.9 Å². The van der Waals surface area contributed by atoms with E-state index >= 15 is 0 Å². The molecule has 0 bridgehead atoms. The van der Waals surface area contributed by atoms with Gasteiger partial charge in [-0.25, -0.2) is 0 Å². The van der Waals surface area contributed by atoms with Crippen LogP contribution in [0.5, 0.6) is 0 Å². The summed E-state index contributed by atoms with van der Waals surface area (Å²) in [6.45, 7) is 2.83. The van der Waals surface area contributed by atoms with Gasteiger partial charge in [-0.3, -0.25) is 0 Å². The molecule has 0 radical (unpaired) electrons. The zero-order valence-corrected chi connectivity index (χ0v) is 9.69. The maximum absolute atomic E-state index is 5.55. The van der Waals surface area contributed by atoms with E-state index in [9.17, 15) is 0 Å². The quantitative estimate of drug-likeness (QED) is 0.848. The second-order valence-corrected chi connectivity index (χ2v) is 4.37. The first-order valence-electron chi connectivity index (χ1n) is 4.69. The maximum atomic E-state index is 5.55. The number of halogens is 1. The summed E-state index contributed by atoms with van der Waals surface area (Å²) in [5.74, 6) is 0. The molecule has 0 saturated heterocycles. The molecule has 3 N–H and O–H groups in total. The van der Waals surface area contributed by atoms with Gasteiger partial charge in [0.2, 0.25) is 0 Å². The molecule has 14 heavy (non-hydrogen) atoms. The van der Waals surface area contributed by atoms with E-state index in [4.69, 9.17) is 5.73 Å². The van der Waals surface area contributed by atoms with Gasteiger partial charge >= 0.3 is 0 Å². The van der Waals surface area contributed by atoms with Gasteiger partial charge in [0.25, 0.3) is 0 Å². The highest BCUT2D eigenvalue weighted by atomic mass is 79.9. The SMILES string of the molecule is Cc1c(CCN)[nH]c2cc(Br)ccc12. The van der Waals surface area contributed by atoms with Gasteiger partial charge in [-0.1, -0.05) is 22.0 Å². The number of aryl methyl sites for hydroxylation is 1. The Bertz CT molecular complexity index is 460. The van der Waals surface area contributed by atoms with E-state index in [1.807, 2.05) is 0 Å². The Hall–Kier alpha value is -0.800. The molecule has 0 fully saturated rings. The molecular weight excluding hydrogens is 240 g/mol. The molecule has 0 aliphatic rings. The van der Waals surface area contributed by atoms with Crippen molar-refractivity contribution in [2.24, 2.45) is 5.73 Å². The molecule has 0 amide bonds. The number of H-pyrrole nitrogens is 1. The van der Waals surface area contributed by atoms with Gasteiger partial charge in [-0.15, -0.1) is 0 Å². The average Bonchev–Trinajstić information content (AvgIpc) is 2.44. The number of aromatic amines is 1. The van der Waals surface area contributed by atoms with Crippen LogP contribution in [0, 0.1) is 6.92 Å². The number of nitrogens with one attached hydrogen (secondary N) is 1. The fourth-order valence-electron chi connectivity index (χ4n) is 1.76. The highest BCUT2D eigenvalue weighted by Crippen LogP contribution is 2.24. The molecule has 3 heteroatoms. The van der Waals surface area contributed by atoms with E-state index in [0.717, 1.165) is 10.9 Å². The molecule has 74 valence electrons. The van der Waals surface area contributed by atoms with Crippen LogP contribution in [-0.4, -0.2) is 11.5 Å². The van der Waals surface area contributed by atoms with Gasteiger partial charge in [0, 0.05) is 27.5 Å². The lowest BCUT2D eigenvalue weighted by atomic mass is 10.1. The Morgan fingerprint density at radius 1 is 1.43 bits per heavy atom. The monoisotopic (exact) mass is 252 g/mol. The number of fused-ring (bicyclic) bond motifs is 1. The van der Waals surface area contributed by atoms with Gasteiger partial charge in [-0.2, -0.15) is 0 Å². The molecule has 0 saturated carbocycles. The minimum atomic E-state index is 0.689. The molecule has 0 spiro atoms. The molecule has 2 nitrogen and oxygen atoms in total. The molecule has 1 aromatic carbocycles. The summed E-state index contributed by atoms with van der Waals surface area (Å²) in [4.78, 5) is 3.40. The lowest BCUT2D eigenvalue weighted by molar-refractivity contribution is 0.930. The number of aromatic nitrogens is 1. The van der Waals surface area contributed by atoms with Gasteiger partial charge in [-0.05, 0) is 31.2 Å². The van der Waals surface area contributed by atoms with Gasteiger partial charge in [0.05, 0.1) is 0 Å². The number of rotatable bonds is 2. The molecule has 2 aromatic rings. The second-order valence-electron chi connectivity index (χ2n) is 3.46. The Kier molecular flexibility index (Phi) is 2.61. The maximum Gasteiger partial charge on any atom is 0.0470 e. The van der Waals surface area contributed by atoms with Crippen LogP contribution in [0.1, 0.15) is 11.3 Å². The van der Waals surface area contributed by atoms with Gasteiger partial charge < -0.3 is 10.7 Å². The Balaban J connectivity index is 2.61. The van der Waals surface area contributed by atoms with E-state index in [1.54, 1.807) is 0 Å². The minimum Gasteiger partial charge on any atom is -0.358 e. The molecule has 2 rings (SSSR count). The van der Waals surface area contributed by atoms with Crippen molar-refractivity contribution in [3.63, 3.8) is 0 Å². The zero-order chi connectivity index (χ0) is 10.1. The van der Waals surface area contributed by atoms with Crippen LogP contribution in [0.4, 0.5) is 0 Å². The van der Waals surface area contributed by atoms with E-state index in [0.29, 0.717) is 6.54 Å². The molecule has 0 aliphatic carbocycles. The third-order valence-corrected chi connectivity index (χ3v) is 3.01. The third kappa shape index (κ3) is 1.57. The number of hydrogen-bond acceptors (Lipinski definition) is 1. The first-order chi connectivity index (χ1) is 6.72. The van der Waals surface area contributed by atoms with Crippen LogP contribution in [-0.2, 0) is 6.42 Å². The van der Waals surface area contributed by atoms with Gasteiger partial charge in [0.1, 0.15) is 0 Å². The van der Waals surface area contributed by atoms with Crippen molar-refractivity contribution in [1.82, 2.24) is 4.98 Å². The largest absolute Gasteiger partial charge is 0.358 e. The van der Waals surface area contributed by atoms with Crippen LogP contribution in [0.25, 0.3) is 10.9 Å². The predicted molar refractivity (Wildman–Crippen MR) is 63.5 cm³/mol. The molecule has 0 aliphatic heterocycles. The smallest absolute Gasteiger partial charge is 0.0470 e. The van der Waals surface area contributed by atoms with E-state index in [1.165, 1.54) is 22.2 Å². The number of nitrogens with two attached hydrogens (primary N) is 1. The highest BCUT2D eigenvalue weighted by Gasteiger charge is 2.06. The molecule has 1 aromatic heterocycles. The van der Waals surface area contributed by atoms with E-state index in [2.05, 4.69) is 46.0 Å². The first kappa shape index (κ1) is 9.74. The van der Waals surface area contributed by atoms with Crippen molar-refractivity contribution in [3.8, 4) is 0 Å². The van der Waals surface area contributed by atoms with Crippen molar-refractivity contribution in [1.29, 1.82) is 0 Å². The summed E-state index contributed by atoms with van der Waals surface area (Å²) in [6, 6.07) is 6.29. The predicted octanol–water partition coefficient (Wildman–Crippen LogP) is 2.74. The molecule has 1 heterocycles. The lowest BCUT2D eigenvalue weighted by Crippen LogP contribution is -2.03. The third-order valence-electron chi connectivity index (χ3n) is 2.52. The minimum absolute atomic E-state index is 0.689. The summed E-state index contributed by atoms with van der Waals surface area (Å²) in [6.07, 6.45) is 0.915. The standard InChI is InChI=1S/C11H13BrN2/c1-7-9-3-2-8(12)6-11(9)14-10(7)4-5-13/h2-3,6,14H,4-5,13H2,1H3. The first-order valence-corrected chi connectivity index (χ1v) is 5.48. The van der Waals surface area contributed by atoms with Crippen LogP contribution in [0.3, 0.4) is 0 Å². The Morgan fingerprint density at radius 3 is 2.93 bits per heavy atom. The van der Waals surface area contributed by atoms with Crippen molar-refractivity contribution in [2.45, 2.75) is 13.3 Å². The summed E-state index contributed by atoms with van der Waals surface area (Å²) < 4.78 is 1.10. The van der Waals surface area contributed by atoms with Crippen molar-refractivity contribution < 1.29 is 0 Å². The lowest BCUT2D eigenvalue weighted by Gasteiger charge is -1.95. The van der Waals surface area contributed by atoms with Crippen LogP contribution in [0.15, 0.2) is 22.7 Å². The summed E-state index contributed by atoms with van der Waals surface area (Å²) >= 11 is 3.46. The Morgan fingerprint density at radius 2 is 2.21 bits per heavy atom. The zero-order valence-electron chi connectivity index (χ0n) is 8.10.